The molecule has 0 atom stereocenters. The van der Waals surface area contributed by atoms with E-state index in [2.05, 4.69) is 10.3 Å². The molecule has 0 aliphatic rings. The van der Waals surface area contributed by atoms with Gasteiger partial charge in [0.15, 0.2) is 0 Å². The van der Waals surface area contributed by atoms with E-state index in [0.29, 0.717) is 23.6 Å². The van der Waals surface area contributed by atoms with E-state index in [1.54, 1.807) is 47.3 Å². The van der Waals surface area contributed by atoms with Gasteiger partial charge in [-0.15, -0.1) is 5.10 Å². The zero-order chi connectivity index (χ0) is 17.6. The first-order valence-corrected chi connectivity index (χ1v) is 7.44. The molecule has 0 saturated carbocycles. The molecule has 0 spiro atoms. The van der Waals surface area contributed by atoms with Crippen molar-refractivity contribution >= 4 is 12.0 Å². The lowest BCUT2D eigenvalue weighted by atomic mass is 10.2. The molecule has 1 aromatic heterocycles. The molecule has 1 heterocycles. The number of carbonyl (C=O) groups excluding carboxylic acids is 1. The molecule has 2 aromatic carbocycles. The Hall–Kier alpha value is -3.55. The first-order valence-electron chi connectivity index (χ1n) is 7.44. The highest BCUT2D eigenvalue weighted by Crippen LogP contribution is 2.14. The molecule has 3 rings (SSSR count). The Kier molecular flexibility index (Phi) is 4.79. The molecule has 0 saturated heterocycles. The summed E-state index contributed by atoms with van der Waals surface area (Å²) in [6.07, 6.45) is 2.52. The zero-order valence-corrected chi connectivity index (χ0v) is 13.1. The average molecular weight is 338 g/mol. The van der Waals surface area contributed by atoms with E-state index in [-0.39, 0.29) is 12.3 Å². The molecule has 0 N–H and O–H groups in total. The van der Waals surface area contributed by atoms with Crippen molar-refractivity contribution < 1.29 is 14.5 Å². The number of ether oxygens (including phenoxy) is 1. The fourth-order valence-corrected chi connectivity index (χ4v) is 2.19. The van der Waals surface area contributed by atoms with Crippen LogP contribution in [0.3, 0.4) is 0 Å². The monoisotopic (exact) mass is 338 g/mol. The van der Waals surface area contributed by atoms with Gasteiger partial charge in [-0.3, -0.25) is 14.9 Å². The van der Waals surface area contributed by atoms with Crippen molar-refractivity contribution in [1.82, 2.24) is 15.0 Å². The first-order chi connectivity index (χ1) is 12.1. The Morgan fingerprint density at radius 3 is 2.48 bits per heavy atom. The van der Waals surface area contributed by atoms with Crippen LogP contribution in [-0.4, -0.2) is 26.2 Å². The van der Waals surface area contributed by atoms with Crippen LogP contribution in [0.1, 0.15) is 21.6 Å². The quantitative estimate of drug-likeness (QED) is 0.373. The number of hydrogen-bond acceptors (Lipinski definition) is 6. The lowest BCUT2D eigenvalue weighted by Gasteiger charge is -2.03. The SMILES string of the molecule is O=Cc1ccc(OCc2cn(Cc3ccc([N+](=O)[O-])cc3)nn2)cc1. The van der Waals surface area contributed by atoms with Crippen molar-refractivity contribution in [1.29, 1.82) is 0 Å². The third kappa shape index (κ3) is 4.25. The van der Waals surface area contributed by atoms with E-state index in [1.807, 2.05) is 0 Å². The number of non-ortho nitro benzene ring substituents is 1. The van der Waals surface area contributed by atoms with Gasteiger partial charge in [-0.1, -0.05) is 17.3 Å². The number of nitrogens with zero attached hydrogens (tertiary/aromatic N) is 4. The predicted octanol–water partition coefficient (Wildman–Crippen LogP) is 2.63. The topological polar surface area (TPSA) is 100 Å². The molecular weight excluding hydrogens is 324 g/mol. The van der Waals surface area contributed by atoms with Gasteiger partial charge in [0.05, 0.1) is 17.7 Å². The van der Waals surface area contributed by atoms with E-state index in [0.717, 1.165) is 11.8 Å². The molecule has 0 radical (unpaired) electrons. The second-order valence-electron chi connectivity index (χ2n) is 5.31. The minimum absolute atomic E-state index is 0.0528. The van der Waals surface area contributed by atoms with Gasteiger partial charge in [-0.2, -0.15) is 0 Å². The van der Waals surface area contributed by atoms with Gasteiger partial charge in [-0.25, -0.2) is 4.68 Å². The second-order valence-corrected chi connectivity index (χ2v) is 5.31. The molecule has 25 heavy (non-hydrogen) atoms. The van der Waals surface area contributed by atoms with Crippen LogP contribution in [0.25, 0.3) is 0 Å². The largest absolute Gasteiger partial charge is 0.487 e. The van der Waals surface area contributed by atoms with Crippen molar-refractivity contribution in [3.63, 3.8) is 0 Å². The Labute approximate surface area is 142 Å². The van der Waals surface area contributed by atoms with Crippen LogP contribution in [0, 0.1) is 10.1 Å². The Morgan fingerprint density at radius 1 is 1.12 bits per heavy atom. The standard InChI is InChI=1S/C17H14N4O4/c22-11-14-3-7-17(8-4-14)25-12-15-10-20(19-18-15)9-13-1-5-16(6-2-13)21(23)24/h1-8,10-11H,9,12H2. The van der Waals surface area contributed by atoms with Crippen LogP contribution in [0.15, 0.2) is 54.7 Å². The van der Waals surface area contributed by atoms with Crippen molar-refractivity contribution in [3.8, 4) is 5.75 Å². The van der Waals surface area contributed by atoms with Gasteiger partial charge in [0.25, 0.3) is 5.69 Å². The summed E-state index contributed by atoms with van der Waals surface area (Å²) in [7, 11) is 0. The number of rotatable bonds is 7. The number of aromatic nitrogens is 3. The van der Waals surface area contributed by atoms with Crippen LogP contribution in [-0.2, 0) is 13.2 Å². The second kappa shape index (κ2) is 7.35. The molecule has 0 bridgehead atoms. The minimum atomic E-state index is -0.434. The molecule has 0 aliphatic heterocycles. The number of nitro benzene ring substituents is 1. The molecular formula is C17H14N4O4. The van der Waals surface area contributed by atoms with E-state index >= 15 is 0 Å². The average Bonchev–Trinajstić information content (AvgIpc) is 3.08. The van der Waals surface area contributed by atoms with Crippen LogP contribution in [0.2, 0.25) is 0 Å². The van der Waals surface area contributed by atoms with Crippen LogP contribution >= 0.6 is 0 Å². The molecule has 0 unspecified atom stereocenters. The van der Waals surface area contributed by atoms with Crippen LogP contribution in [0.5, 0.6) is 5.75 Å². The normalized spacial score (nSPS) is 10.4. The maximum Gasteiger partial charge on any atom is 0.269 e. The highest BCUT2D eigenvalue weighted by atomic mass is 16.6. The Morgan fingerprint density at radius 2 is 1.84 bits per heavy atom. The fraction of sp³-hybridized carbons (Fsp3) is 0.118. The first kappa shape index (κ1) is 16.3. The van der Waals surface area contributed by atoms with E-state index in [4.69, 9.17) is 4.74 Å². The Balaban J connectivity index is 1.58. The molecule has 0 aliphatic carbocycles. The number of hydrogen-bond donors (Lipinski definition) is 0. The van der Waals surface area contributed by atoms with E-state index in [1.165, 1.54) is 12.1 Å². The summed E-state index contributed by atoms with van der Waals surface area (Å²) < 4.78 is 7.22. The lowest BCUT2D eigenvalue weighted by molar-refractivity contribution is -0.384. The van der Waals surface area contributed by atoms with Crippen molar-refractivity contribution in [2.75, 3.05) is 0 Å². The van der Waals surface area contributed by atoms with Crippen molar-refractivity contribution in [2.24, 2.45) is 0 Å². The molecule has 0 amide bonds. The van der Waals surface area contributed by atoms with Gasteiger partial charge in [0, 0.05) is 17.7 Å². The maximum absolute atomic E-state index is 10.6. The van der Waals surface area contributed by atoms with E-state index < -0.39 is 4.92 Å². The van der Waals surface area contributed by atoms with Gasteiger partial charge in [0.2, 0.25) is 0 Å². The van der Waals surface area contributed by atoms with Gasteiger partial charge in [-0.05, 0) is 29.8 Å². The number of benzene rings is 2. The maximum atomic E-state index is 10.6. The summed E-state index contributed by atoms with van der Waals surface area (Å²) in [5, 5.41) is 18.7. The van der Waals surface area contributed by atoms with Crippen molar-refractivity contribution in [3.05, 3.63) is 81.7 Å². The minimum Gasteiger partial charge on any atom is -0.487 e. The fourth-order valence-electron chi connectivity index (χ4n) is 2.19. The Bertz CT molecular complexity index is 872. The molecule has 8 heteroatoms. The summed E-state index contributed by atoms with van der Waals surface area (Å²) in [6, 6.07) is 13.1. The van der Waals surface area contributed by atoms with Crippen LogP contribution < -0.4 is 4.74 Å². The summed E-state index contributed by atoms with van der Waals surface area (Å²) in [5.74, 6) is 0.635. The number of aldehydes is 1. The highest BCUT2D eigenvalue weighted by molar-refractivity contribution is 5.74. The van der Waals surface area contributed by atoms with Crippen LogP contribution in [0.4, 0.5) is 5.69 Å². The van der Waals surface area contributed by atoms with Gasteiger partial charge < -0.3 is 4.74 Å². The zero-order valence-electron chi connectivity index (χ0n) is 13.1. The third-order valence-corrected chi connectivity index (χ3v) is 3.48. The lowest BCUT2D eigenvalue weighted by Crippen LogP contribution is -2.00. The van der Waals surface area contributed by atoms with Gasteiger partial charge >= 0.3 is 0 Å². The van der Waals surface area contributed by atoms with E-state index in [9.17, 15) is 14.9 Å². The van der Waals surface area contributed by atoms with Crippen molar-refractivity contribution in [2.45, 2.75) is 13.2 Å². The molecule has 126 valence electrons. The molecule has 3 aromatic rings. The smallest absolute Gasteiger partial charge is 0.269 e. The summed E-state index contributed by atoms with van der Waals surface area (Å²) in [6.45, 7) is 0.708. The highest BCUT2D eigenvalue weighted by Gasteiger charge is 2.06. The number of carbonyl (C=O) groups is 1. The third-order valence-electron chi connectivity index (χ3n) is 3.48. The predicted molar refractivity (Wildman–Crippen MR) is 88.4 cm³/mol. The molecule has 0 fully saturated rings. The summed E-state index contributed by atoms with van der Waals surface area (Å²) in [5.41, 5.74) is 2.17. The number of nitro groups is 1. The summed E-state index contributed by atoms with van der Waals surface area (Å²) in [4.78, 5) is 20.8. The molecule has 8 nitrogen and oxygen atoms in total. The van der Waals surface area contributed by atoms with Gasteiger partial charge in [0.1, 0.15) is 24.3 Å². The summed E-state index contributed by atoms with van der Waals surface area (Å²) >= 11 is 0.